The summed E-state index contributed by atoms with van der Waals surface area (Å²) >= 11 is 0. The molecule has 2 N–H and O–H groups in total. The van der Waals surface area contributed by atoms with Crippen molar-refractivity contribution in [3.63, 3.8) is 0 Å². The molecular weight excluding hydrogens is 256 g/mol. The first-order valence-corrected chi connectivity index (χ1v) is 6.86. The molecule has 0 aliphatic carbocycles. The number of benzene rings is 1. The summed E-state index contributed by atoms with van der Waals surface area (Å²) in [5.41, 5.74) is 6.92. The lowest BCUT2D eigenvalue weighted by Gasteiger charge is -2.19. The van der Waals surface area contributed by atoms with Gasteiger partial charge in [-0.2, -0.15) is 4.89 Å². The number of hydrogen-bond acceptors (Lipinski definition) is 5. The van der Waals surface area contributed by atoms with Crippen molar-refractivity contribution in [2.45, 2.75) is 38.8 Å². The van der Waals surface area contributed by atoms with Gasteiger partial charge in [0.25, 0.3) is 0 Å². The first kappa shape index (κ1) is 14.8. The molecule has 5 heteroatoms. The molecule has 0 aromatic heterocycles. The number of nitrogens with two attached hydrogens (primary N) is 1. The Hall–Kier alpha value is -1.59. The van der Waals surface area contributed by atoms with Crippen LogP contribution in [0.5, 0.6) is 0 Å². The van der Waals surface area contributed by atoms with Crippen LogP contribution in [0.3, 0.4) is 0 Å². The van der Waals surface area contributed by atoms with Gasteiger partial charge in [-0.15, -0.1) is 0 Å². The second-order valence-corrected chi connectivity index (χ2v) is 6.11. The molecule has 1 atom stereocenters. The van der Waals surface area contributed by atoms with Crippen LogP contribution < -0.4 is 10.6 Å². The van der Waals surface area contributed by atoms with Crippen LogP contribution >= 0.6 is 0 Å². The van der Waals surface area contributed by atoms with Crippen molar-refractivity contribution in [3.8, 4) is 0 Å². The Morgan fingerprint density at radius 1 is 1.30 bits per heavy atom. The maximum atomic E-state index is 11.8. The fourth-order valence-electron chi connectivity index (χ4n) is 2.04. The molecule has 1 aromatic carbocycles. The molecule has 110 valence electrons. The van der Waals surface area contributed by atoms with E-state index in [-0.39, 0.29) is 6.04 Å². The van der Waals surface area contributed by atoms with E-state index in [0.29, 0.717) is 5.56 Å². The zero-order valence-corrected chi connectivity index (χ0v) is 12.3. The molecule has 5 nitrogen and oxygen atoms in total. The highest BCUT2D eigenvalue weighted by Gasteiger charge is 2.20. The summed E-state index contributed by atoms with van der Waals surface area (Å²) in [6.07, 6.45) is 1.00. The Morgan fingerprint density at radius 3 is 2.45 bits per heavy atom. The van der Waals surface area contributed by atoms with Gasteiger partial charge in [0.05, 0.1) is 5.56 Å². The fraction of sp³-hybridized carbons (Fsp3) is 0.533. The lowest BCUT2D eigenvalue weighted by molar-refractivity contribution is -0.301. The van der Waals surface area contributed by atoms with E-state index in [0.717, 1.165) is 25.2 Å². The molecule has 0 bridgehead atoms. The van der Waals surface area contributed by atoms with Crippen molar-refractivity contribution in [3.05, 3.63) is 29.8 Å². The van der Waals surface area contributed by atoms with Crippen LogP contribution in [0.4, 0.5) is 5.69 Å². The normalized spacial score (nSPS) is 19.2. The Morgan fingerprint density at radius 2 is 1.95 bits per heavy atom. The Labute approximate surface area is 119 Å². The van der Waals surface area contributed by atoms with Gasteiger partial charge in [-0.1, -0.05) is 0 Å². The second kappa shape index (κ2) is 5.81. The van der Waals surface area contributed by atoms with Crippen molar-refractivity contribution in [2.24, 2.45) is 5.73 Å². The fourth-order valence-corrected chi connectivity index (χ4v) is 2.04. The SMILES string of the molecule is CC(C)(C)OOC(=O)c1ccc(N2CC[C@H](N)C2)cc1. The summed E-state index contributed by atoms with van der Waals surface area (Å²) in [4.78, 5) is 23.8. The summed E-state index contributed by atoms with van der Waals surface area (Å²) in [7, 11) is 0. The van der Waals surface area contributed by atoms with Gasteiger partial charge >= 0.3 is 5.97 Å². The molecule has 1 aliphatic rings. The quantitative estimate of drug-likeness (QED) is 0.677. The van der Waals surface area contributed by atoms with Crippen LogP contribution in [-0.4, -0.2) is 30.7 Å². The number of carbonyl (C=O) groups is 1. The third-order valence-electron chi connectivity index (χ3n) is 3.06. The van der Waals surface area contributed by atoms with Crippen LogP contribution in [0.25, 0.3) is 0 Å². The van der Waals surface area contributed by atoms with Crippen molar-refractivity contribution in [2.75, 3.05) is 18.0 Å². The Balaban J connectivity index is 1.96. The molecule has 0 spiro atoms. The van der Waals surface area contributed by atoms with Gasteiger partial charge < -0.3 is 10.6 Å². The second-order valence-electron chi connectivity index (χ2n) is 6.11. The van der Waals surface area contributed by atoms with Gasteiger partial charge in [-0.05, 0) is 51.5 Å². The third-order valence-corrected chi connectivity index (χ3v) is 3.06. The molecule has 0 saturated carbocycles. The van der Waals surface area contributed by atoms with Gasteiger partial charge in [0.15, 0.2) is 0 Å². The molecule has 1 saturated heterocycles. The first-order valence-electron chi connectivity index (χ1n) is 6.86. The van der Waals surface area contributed by atoms with E-state index in [1.54, 1.807) is 12.1 Å². The monoisotopic (exact) mass is 278 g/mol. The van der Waals surface area contributed by atoms with E-state index in [4.69, 9.17) is 15.5 Å². The number of anilines is 1. The molecule has 1 aromatic rings. The molecule has 0 unspecified atom stereocenters. The number of hydrogen-bond donors (Lipinski definition) is 1. The summed E-state index contributed by atoms with van der Waals surface area (Å²) in [5, 5.41) is 0. The lowest BCUT2D eigenvalue weighted by Crippen LogP contribution is -2.26. The third kappa shape index (κ3) is 3.95. The first-order chi connectivity index (χ1) is 9.35. The number of nitrogens with zero attached hydrogens (tertiary/aromatic N) is 1. The van der Waals surface area contributed by atoms with Crippen LogP contribution in [0, 0.1) is 0 Å². The summed E-state index contributed by atoms with van der Waals surface area (Å²) < 4.78 is 0. The zero-order valence-electron chi connectivity index (χ0n) is 12.3. The van der Waals surface area contributed by atoms with Crippen LogP contribution in [-0.2, 0) is 9.78 Å². The van der Waals surface area contributed by atoms with Crippen molar-refractivity contribution in [1.29, 1.82) is 0 Å². The van der Waals surface area contributed by atoms with Gasteiger partial charge in [-0.3, -0.25) is 4.89 Å². The minimum absolute atomic E-state index is 0.236. The van der Waals surface area contributed by atoms with Crippen molar-refractivity contribution < 1.29 is 14.6 Å². The van der Waals surface area contributed by atoms with Gasteiger partial charge in [0.2, 0.25) is 0 Å². The summed E-state index contributed by atoms with van der Waals surface area (Å²) in [6, 6.07) is 7.54. The predicted molar refractivity (Wildman–Crippen MR) is 77.5 cm³/mol. The van der Waals surface area contributed by atoms with Crippen molar-refractivity contribution in [1.82, 2.24) is 0 Å². The largest absolute Gasteiger partial charge is 0.373 e. The maximum Gasteiger partial charge on any atom is 0.373 e. The average Bonchev–Trinajstić information content (AvgIpc) is 2.82. The molecule has 1 heterocycles. The molecule has 1 aliphatic heterocycles. The Bertz CT molecular complexity index is 465. The predicted octanol–water partition coefficient (Wildman–Crippen LogP) is 2.11. The van der Waals surface area contributed by atoms with Gasteiger partial charge in [0.1, 0.15) is 5.60 Å². The molecular formula is C15H22N2O3. The molecule has 1 fully saturated rings. The van der Waals surface area contributed by atoms with E-state index in [9.17, 15) is 4.79 Å². The number of carbonyl (C=O) groups excluding carboxylic acids is 1. The van der Waals surface area contributed by atoms with E-state index in [1.165, 1.54) is 0 Å². The van der Waals surface area contributed by atoms with Crippen LogP contribution in [0.1, 0.15) is 37.6 Å². The van der Waals surface area contributed by atoms with E-state index >= 15 is 0 Å². The molecule has 0 amide bonds. The minimum Gasteiger partial charge on any atom is -0.370 e. The van der Waals surface area contributed by atoms with Gasteiger partial charge in [0, 0.05) is 24.8 Å². The lowest BCUT2D eigenvalue weighted by atomic mass is 10.2. The summed E-state index contributed by atoms with van der Waals surface area (Å²) in [6.45, 7) is 7.27. The highest BCUT2D eigenvalue weighted by Crippen LogP contribution is 2.20. The average molecular weight is 278 g/mol. The topological polar surface area (TPSA) is 64.8 Å². The minimum atomic E-state index is -0.513. The summed E-state index contributed by atoms with van der Waals surface area (Å²) in [5.74, 6) is -0.482. The van der Waals surface area contributed by atoms with Crippen LogP contribution in [0.15, 0.2) is 24.3 Å². The highest BCUT2D eigenvalue weighted by molar-refractivity contribution is 5.89. The standard InChI is InChI=1S/C15H22N2O3/c1-15(2,3)20-19-14(18)11-4-6-13(7-5-11)17-9-8-12(16)10-17/h4-7,12H,8-10,16H2,1-3H3/t12-/m0/s1. The maximum absolute atomic E-state index is 11.8. The van der Waals surface area contributed by atoms with Crippen molar-refractivity contribution >= 4 is 11.7 Å². The van der Waals surface area contributed by atoms with E-state index in [1.807, 2.05) is 32.9 Å². The van der Waals surface area contributed by atoms with Gasteiger partial charge in [-0.25, -0.2) is 4.79 Å². The zero-order chi connectivity index (χ0) is 14.8. The smallest absolute Gasteiger partial charge is 0.370 e. The van der Waals surface area contributed by atoms with E-state index in [2.05, 4.69) is 4.90 Å². The number of rotatable bonds is 3. The Kier molecular flexibility index (Phi) is 4.30. The van der Waals surface area contributed by atoms with Crippen LogP contribution in [0.2, 0.25) is 0 Å². The highest BCUT2D eigenvalue weighted by atomic mass is 17.2. The van der Waals surface area contributed by atoms with E-state index < -0.39 is 11.6 Å². The molecule has 0 radical (unpaired) electrons. The molecule has 20 heavy (non-hydrogen) atoms. The molecule has 2 rings (SSSR count).